The van der Waals surface area contributed by atoms with Crippen LogP contribution in [0.3, 0.4) is 0 Å². The minimum Gasteiger partial charge on any atom is -0.373 e. The first kappa shape index (κ1) is 14.4. The molecule has 19 heavy (non-hydrogen) atoms. The fourth-order valence-corrected chi connectivity index (χ4v) is 2.61. The molecule has 0 saturated carbocycles. The minimum atomic E-state index is 0.420. The van der Waals surface area contributed by atoms with Gasteiger partial charge in [-0.05, 0) is 57.6 Å². The zero-order valence-electron chi connectivity index (χ0n) is 12.5. The van der Waals surface area contributed by atoms with Crippen LogP contribution in [-0.4, -0.2) is 45.2 Å². The van der Waals surface area contributed by atoms with Gasteiger partial charge >= 0.3 is 0 Å². The Morgan fingerprint density at radius 3 is 2.42 bits per heavy atom. The normalized spacial score (nSPS) is 17.6. The van der Waals surface area contributed by atoms with E-state index in [1.54, 1.807) is 0 Å². The van der Waals surface area contributed by atoms with E-state index < -0.39 is 0 Å². The Kier molecular flexibility index (Phi) is 5.23. The average molecular weight is 261 g/mol. The van der Waals surface area contributed by atoms with Crippen molar-refractivity contribution in [1.82, 2.24) is 10.2 Å². The molecule has 1 aromatic carbocycles. The van der Waals surface area contributed by atoms with Gasteiger partial charge in [-0.2, -0.15) is 0 Å². The lowest BCUT2D eigenvalue weighted by atomic mass is 10.1. The first-order chi connectivity index (χ1) is 9.20. The van der Waals surface area contributed by atoms with E-state index in [9.17, 15) is 0 Å². The second-order valence-electron chi connectivity index (χ2n) is 5.57. The largest absolute Gasteiger partial charge is 0.373 e. The van der Waals surface area contributed by atoms with Crippen molar-refractivity contribution in [3.8, 4) is 0 Å². The number of likely N-dealkylation sites (tertiary alicyclic amines) is 1. The second kappa shape index (κ2) is 6.92. The minimum absolute atomic E-state index is 0.420. The highest BCUT2D eigenvalue weighted by Gasteiger charge is 2.12. The molecule has 0 amide bonds. The van der Waals surface area contributed by atoms with Crippen LogP contribution in [0, 0.1) is 0 Å². The smallest absolute Gasteiger partial charge is 0.0364 e. The van der Waals surface area contributed by atoms with Crippen LogP contribution in [0.15, 0.2) is 24.3 Å². The molecule has 1 fully saturated rings. The van der Waals surface area contributed by atoms with Crippen molar-refractivity contribution in [3.05, 3.63) is 29.8 Å². The molecule has 0 bridgehead atoms. The summed E-state index contributed by atoms with van der Waals surface area (Å²) in [6, 6.07) is 9.33. The third-order valence-electron chi connectivity index (χ3n) is 4.22. The summed E-state index contributed by atoms with van der Waals surface area (Å²) in [5.41, 5.74) is 2.66. The lowest BCUT2D eigenvalue weighted by Crippen LogP contribution is -2.31. The van der Waals surface area contributed by atoms with Crippen molar-refractivity contribution in [3.63, 3.8) is 0 Å². The van der Waals surface area contributed by atoms with Gasteiger partial charge in [-0.15, -0.1) is 0 Å². The van der Waals surface area contributed by atoms with Crippen LogP contribution in [-0.2, 0) is 0 Å². The van der Waals surface area contributed by atoms with E-state index in [0.717, 1.165) is 6.54 Å². The molecule has 0 aromatic heterocycles. The van der Waals surface area contributed by atoms with E-state index in [1.807, 2.05) is 7.05 Å². The van der Waals surface area contributed by atoms with E-state index in [-0.39, 0.29) is 0 Å². The molecule has 1 unspecified atom stereocenters. The Bertz CT molecular complexity index is 368. The molecule has 1 saturated heterocycles. The predicted molar refractivity (Wildman–Crippen MR) is 82.9 cm³/mol. The summed E-state index contributed by atoms with van der Waals surface area (Å²) in [7, 11) is 4.19. The molecule has 3 nitrogen and oxygen atoms in total. The third kappa shape index (κ3) is 3.95. The van der Waals surface area contributed by atoms with Gasteiger partial charge in [0.2, 0.25) is 0 Å². The molecule has 1 N–H and O–H groups in total. The van der Waals surface area contributed by atoms with Gasteiger partial charge in [-0.1, -0.05) is 12.1 Å². The second-order valence-corrected chi connectivity index (χ2v) is 5.57. The van der Waals surface area contributed by atoms with Crippen molar-refractivity contribution >= 4 is 5.69 Å². The van der Waals surface area contributed by atoms with E-state index >= 15 is 0 Å². The summed E-state index contributed by atoms with van der Waals surface area (Å²) in [5, 5.41) is 3.27. The molecule has 2 rings (SSSR count). The molecule has 1 aliphatic heterocycles. The Labute approximate surface area is 117 Å². The van der Waals surface area contributed by atoms with E-state index in [2.05, 4.69) is 53.4 Å². The number of hydrogen-bond acceptors (Lipinski definition) is 3. The van der Waals surface area contributed by atoms with Crippen LogP contribution in [0.1, 0.15) is 31.4 Å². The SMILES string of the molecule is CNC(C)c1ccc(N(C)CCN2CCCC2)cc1. The maximum Gasteiger partial charge on any atom is 0.0364 e. The van der Waals surface area contributed by atoms with Crippen LogP contribution >= 0.6 is 0 Å². The topological polar surface area (TPSA) is 18.5 Å². The number of rotatable bonds is 6. The van der Waals surface area contributed by atoms with Crippen LogP contribution in [0.25, 0.3) is 0 Å². The fraction of sp³-hybridized carbons (Fsp3) is 0.625. The number of nitrogens with zero attached hydrogens (tertiary/aromatic N) is 2. The Balaban J connectivity index is 1.86. The van der Waals surface area contributed by atoms with Gasteiger partial charge < -0.3 is 15.1 Å². The first-order valence-corrected chi connectivity index (χ1v) is 7.41. The quantitative estimate of drug-likeness (QED) is 0.849. The highest BCUT2D eigenvalue weighted by atomic mass is 15.2. The maximum absolute atomic E-state index is 3.27. The van der Waals surface area contributed by atoms with Gasteiger partial charge in [0.25, 0.3) is 0 Å². The molecular formula is C16H27N3. The van der Waals surface area contributed by atoms with Crippen LogP contribution < -0.4 is 10.2 Å². The zero-order chi connectivity index (χ0) is 13.7. The Morgan fingerprint density at radius 2 is 1.84 bits per heavy atom. The molecule has 0 radical (unpaired) electrons. The number of likely N-dealkylation sites (N-methyl/N-ethyl adjacent to an activating group) is 1. The van der Waals surface area contributed by atoms with Gasteiger partial charge in [0, 0.05) is 31.9 Å². The standard InChI is InChI=1S/C16H27N3/c1-14(17-2)15-6-8-16(9-7-15)18(3)12-13-19-10-4-5-11-19/h6-9,14,17H,4-5,10-13H2,1-3H3. The Hall–Kier alpha value is -1.06. The van der Waals surface area contributed by atoms with Gasteiger partial charge in [0.15, 0.2) is 0 Å². The summed E-state index contributed by atoms with van der Waals surface area (Å²) in [4.78, 5) is 4.92. The van der Waals surface area contributed by atoms with Crippen molar-refractivity contribution in [1.29, 1.82) is 0 Å². The average Bonchev–Trinajstić information content (AvgIpc) is 2.97. The van der Waals surface area contributed by atoms with Crippen molar-refractivity contribution in [2.24, 2.45) is 0 Å². The predicted octanol–water partition coefficient (Wildman–Crippen LogP) is 2.50. The number of hydrogen-bond donors (Lipinski definition) is 1. The molecule has 1 aromatic rings. The molecule has 0 aliphatic carbocycles. The highest BCUT2D eigenvalue weighted by Crippen LogP contribution is 2.18. The molecule has 106 valence electrons. The molecule has 1 atom stereocenters. The summed E-state index contributed by atoms with van der Waals surface area (Å²) in [6.45, 7) is 7.05. The molecule has 3 heteroatoms. The zero-order valence-corrected chi connectivity index (χ0v) is 12.5. The van der Waals surface area contributed by atoms with Crippen LogP contribution in [0.2, 0.25) is 0 Å². The first-order valence-electron chi connectivity index (χ1n) is 7.41. The Morgan fingerprint density at radius 1 is 1.21 bits per heavy atom. The van der Waals surface area contributed by atoms with Crippen LogP contribution in [0.4, 0.5) is 5.69 Å². The van der Waals surface area contributed by atoms with Gasteiger partial charge in [-0.3, -0.25) is 0 Å². The lowest BCUT2D eigenvalue weighted by molar-refractivity contribution is 0.346. The lowest BCUT2D eigenvalue weighted by Gasteiger charge is -2.23. The summed E-state index contributed by atoms with van der Waals surface area (Å²) >= 11 is 0. The third-order valence-corrected chi connectivity index (χ3v) is 4.22. The monoisotopic (exact) mass is 261 g/mol. The molecule has 1 aliphatic rings. The number of anilines is 1. The van der Waals surface area contributed by atoms with Gasteiger partial charge in [0.1, 0.15) is 0 Å². The van der Waals surface area contributed by atoms with E-state index in [1.165, 1.54) is 43.7 Å². The van der Waals surface area contributed by atoms with E-state index in [4.69, 9.17) is 0 Å². The summed E-state index contributed by atoms with van der Waals surface area (Å²) in [5.74, 6) is 0. The van der Waals surface area contributed by atoms with Crippen LogP contribution in [0.5, 0.6) is 0 Å². The maximum atomic E-state index is 3.27. The molecule has 1 heterocycles. The summed E-state index contributed by atoms with van der Waals surface area (Å²) in [6.07, 6.45) is 2.75. The summed E-state index contributed by atoms with van der Waals surface area (Å²) < 4.78 is 0. The molecular weight excluding hydrogens is 234 g/mol. The van der Waals surface area contributed by atoms with Crippen molar-refractivity contribution in [2.75, 3.05) is 45.2 Å². The molecule has 0 spiro atoms. The van der Waals surface area contributed by atoms with Crippen molar-refractivity contribution < 1.29 is 0 Å². The highest BCUT2D eigenvalue weighted by molar-refractivity contribution is 5.47. The number of nitrogens with one attached hydrogen (secondary N) is 1. The fourth-order valence-electron chi connectivity index (χ4n) is 2.61. The van der Waals surface area contributed by atoms with Gasteiger partial charge in [-0.25, -0.2) is 0 Å². The number of benzene rings is 1. The van der Waals surface area contributed by atoms with Crippen molar-refractivity contribution in [2.45, 2.75) is 25.8 Å². The van der Waals surface area contributed by atoms with Gasteiger partial charge in [0.05, 0.1) is 0 Å². The van der Waals surface area contributed by atoms with E-state index in [0.29, 0.717) is 6.04 Å².